The fraction of sp³-hybridized carbons (Fsp3) is 0.600. The molecule has 0 aliphatic carbocycles. The Labute approximate surface area is 53.7 Å². The Morgan fingerprint density at radius 3 is 3.00 bits per heavy atom. The summed E-state index contributed by atoms with van der Waals surface area (Å²) >= 11 is 0. The molecular weight excluding hydrogens is 116 g/mol. The third kappa shape index (κ3) is 1.50. The van der Waals surface area contributed by atoms with Crippen LogP contribution in [-0.4, -0.2) is 21.3 Å². The van der Waals surface area contributed by atoms with Crippen molar-refractivity contribution in [1.82, 2.24) is 14.8 Å². The Morgan fingerprint density at radius 1 is 1.78 bits per heavy atom. The molecule has 1 rings (SSSR count). The maximum atomic E-state index is 5.28. The van der Waals surface area contributed by atoms with Crippen molar-refractivity contribution in [2.24, 2.45) is 5.73 Å². The van der Waals surface area contributed by atoms with Crippen LogP contribution in [-0.2, 0) is 6.54 Å². The number of aryl methyl sites for hydroxylation is 1. The van der Waals surface area contributed by atoms with Gasteiger partial charge in [0.2, 0.25) is 0 Å². The zero-order valence-corrected chi connectivity index (χ0v) is 5.41. The highest BCUT2D eigenvalue weighted by molar-refractivity contribution is 4.74. The van der Waals surface area contributed by atoms with Crippen molar-refractivity contribution in [2.45, 2.75) is 13.5 Å². The van der Waals surface area contributed by atoms with Gasteiger partial charge in [0, 0.05) is 6.54 Å². The van der Waals surface area contributed by atoms with E-state index < -0.39 is 0 Å². The Morgan fingerprint density at radius 2 is 2.56 bits per heavy atom. The lowest BCUT2D eigenvalue weighted by Gasteiger charge is -1.92. The molecule has 0 spiro atoms. The summed E-state index contributed by atoms with van der Waals surface area (Å²) in [7, 11) is 0. The Balaban J connectivity index is 2.61. The predicted octanol–water partition coefficient (Wildman–Crippen LogP) is -0.455. The average molecular weight is 126 g/mol. The minimum absolute atomic E-state index is 0.614. The number of aromatic nitrogens is 3. The van der Waals surface area contributed by atoms with Gasteiger partial charge >= 0.3 is 0 Å². The van der Waals surface area contributed by atoms with Gasteiger partial charge in [0.1, 0.15) is 12.2 Å². The van der Waals surface area contributed by atoms with Crippen LogP contribution in [0.5, 0.6) is 0 Å². The Hall–Kier alpha value is -0.900. The van der Waals surface area contributed by atoms with Crippen LogP contribution in [0.2, 0.25) is 0 Å². The summed E-state index contributed by atoms with van der Waals surface area (Å²) < 4.78 is 1.73. The molecule has 0 fully saturated rings. The second-order valence-corrected chi connectivity index (χ2v) is 1.84. The molecule has 1 heterocycles. The summed E-state index contributed by atoms with van der Waals surface area (Å²) in [5.74, 6) is 0.795. The molecule has 2 N–H and O–H groups in total. The zero-order chi connectivity index (χ0) is 6.69. The van der Waals surface area contributed by atoms with Gasteiger partial charge in [0.15, 0.2) is 0 Å². The summed E-state index contributed by atoms with van der Waals surface area (Å²) in [5, 5.41) is 4.03. The topological polar surface area (TPSA) is 56.7 Å². The van der Waals surface area contributed by atoms with E-state index >= 15 is 0 Å². The Kier molecular flexibility index (Phi) is 1.79. The summed E-state index contributed by atoms with van der Waals surface area (Å²) in [6.45, 7) is 3.22. The maximum absolute atomic E-state index is 5.28. The summed E-state index contributed by atoms with van der Waals surface area (Å²) in [5.41, 5.74) is 5.28. The molecule has 9 heavy (non-hydrogen) atoms. The van der Waals surface area contributed by atoms with Crippen LogP contribution in [0.3, 0.4) is 0 Å². The van der Waals surface area contributed by atoms with Crippen molar-refractivity contribution in [2.75, 3.05) is 6.54 Å². The van der Waals surface area contributed by atoms with Gasteiger partial charge in [0.05, 0.1) is 6.54 Å². The number of rotatable bonds is 2. The standard InChI is InChI=1S/C5H10N4/c1-5-7-4-9(8-5)3-2-6/h4H,2-3,6H2,1H3. The van der Waals surface area contributed by atoms with Gasteiger partial charge < -0.3 is 5.73 Å². The lowest BCUT2D eigenvalue weighted by atomic mass is 10.7. The summed E-state index contributed by atoms with van der Waals surface area (Å²) in [4.78, 5) is 3.93. The molecule has 0 aliphatic heterocycles. The van der Waals surface area contributed by atoms with Crippen LogP contribution in [0.1, 0.15) is 5.82 Å². The lowest BCUT2D eigenvalue weighted by molar-refractivity contribution is 0.619. The molecule has 1 aromatic rings. The van der Waals surface area contributed by atoms with Gasteiger partial charge in [-0.25, -0.2) is 4.98 Å². The monoisotopic (exact) mass is 126 g/mol. The smallest absolute Gasteiger partial charge is 0.147 e. The van der Waals surface area contributed by atoms with Crippen LogP contribution >= 0.6 is 0 Å². The van der Waals surface area contributed by atoms with E-state index in [4.69, 9.17) is 5.73 Å². The molecule has 0 atom stereocenters. The summed E-state index contributed by atoms with van der Waals surface area (Å²) in [6, 6.07) is 0. The van der Waals surface area contributed by atoms with E-state index in [0.29, 0.717) is 6.54 Å². The van der Waals surface area contributed by atoms with Crippen molar-refractivity contribution in [1.29, 1.82) is 0 Å². The normalized spacial score (nSPS) is 10.0. The van der Waals surface area contributed by atoms with E-state index in [9.17, 15) is 0 Å². The van der Waals surface area contributed by atoms with Crippen molar-refractivity contribution >= 4 is 0 Å². The highest BCUT2D eigenvalue weighted by atomic mass is 15.3. The van der Waals surface area contributed by atoms with E-state index in [1.807, 2.05) is 6.92 Å². The molecule has 0 saturated carbocycles. The minimum Gasteiger partial charge on any atom is -0.329 e. The maximum Gasteiger partial charge on any atom is 0.147 e. The molecule has 50 valence electrons. The number of hydrogen-bond acceptors (Lipinski definition) is 3. The van der Waals surface area contributed by atoms with E-state index in [1.54, 1.807) is 11.0 Å². The molecule has 1 aromatic heterocycles. The minimum atomic E-state index is 0.614. The summed E-state index contributed by atoms with van der Waals surface area (Å²) in [6.07, 6.45) is 1.68. The van der Waals surface area contributed by atoms with Gasteiger partial charge in [-0.15, -0.1) is 0 Å². The molecule has 0 radical (unpaired) electrons. The van der Waals surface area contributed by atoms with Crippen molar-refractivity contribution in [3.63, 3.8) is 0 Å². The highest BCUT2D eigenvalue weighted by Crippen LogP contribution is 1.83. The van der Waals surface area contributed by atoms with Gasteiger partial charge in [-0.05, 0) is 6.92 Å². The van der Waals surface area contributed by atoms with Crippen LogP contribution in [0.15, 0.2) is 6.33 Å². The van der Waals surface area contributed by atoms with Gasteiger partial charge in [-0.3, -0.25) is 4.68 Å². The number of nitrogens with two attached hydrogens (primary N) is 1. The first kappa shape index (κ1) is 6.22. The van der Waals surface area contributed by atoms with Crippen LogP contribution < -0.4 is 5.73 Å². The third-order valence-corrected chi connectivity index (χ3v) is 1.01. The first-order valence-corrected chi connectivity index (χ1v) is 2.89. The third-order valence-electron chi connectivity index (χ3n) is 1.01. The second kappa shape index (κ2) is 2.59. The van der Waals surface area contributed by atoms with Crippen LogP contribution in [0.25, 0.3) is 0 Å². The highest BCUT2D eigenvalue weighted by Gasteiger charge is 1.90. The van der Waals surface area contributed by atoms with E-state index in [2.05, 4.69) is 10.1 Å². The zero-order valence-electron chi connectivity index (χ0n) is 5.41. The molecule has 0 saturated heterocycles. The molecule has 0 aromatic carbocycles. The van der Waals surface area contributed by atoms with Gasteiger partial charge in [-0.1, -0.05) is 0 Å². The molecule has 0 unspecified atom stereocenters. The quantitative estimate of drug-likeness (QED) is 0.583. The van der Waals surface area contributed by atoms with Crippen molar-refractivity contribution in [3.05, 3.63) is 12.2 Å². The average Bonchev–Trinajstić information content (AvgIpc) is 2.17. The van der Waals surface area contributed by atoms with Crippen LogP contribution in [0.4, 0.5) is 0 Å². The molecule has 4 heteroatoms. The van der Waals surface area contributed by atoms with Gasteiger partial charge in [-0.2, -0.15) is 5.10 Å². The Bertz CT molecular complexity index is 181. The predicted molar refractivity (Wildman–Crippen MR) is 33.8 cm³/mol. The number of hydrogen-bond donors (Lipinski definition) is 1. The molecule has 0 amide bonds. The SMILES string of the molecule is Cc1ncn(CCN)n1. The number of nitrogens with zero attached hydrogens (tertiary/aromatic N) is 3. The first-order chi connectivity index (χ1) is 4.33. The van der Waals surface area contributed by atoms with E-state index in [0.717, 1.165) is 12.4 Å². The first-order valence-electron chi connectivity index (χ1n) is 2.89. The molecule has 0 aliphatic rings. The van der Waals surface area contributed by atoms with Crippen LogP contribution in [0, 0.1) is 6.92 Å². The fourth-order valence-corrected chi connectivity index (χ4v) is 0.628. The molecule has 4 nitrogen and oxygen atoms in total. The fourth-order valence-electron chi connectivity index (χ4n) is 0.628. The lowest BCUT2D eigenvalue weighted by Crippen LogP contribution is -2.10. The molecule has 0 bridgehead atoms. The van der Waals surface area contributed by atoms with Crippen molar-refractivity contribution < 1.29 is 0 Å². The largest absolute Gasteiger partial charge is 0.329 e. The van der Waals surface area contributed by atoms with E-state index in [1.165, 1.54) is 0 Å². The van der Waals surface area contributed by atoms with E-state index in [-0.39, 0.29) is 0 Å². The molecular formula is C5H10N4. The van der Waals surface area contributed by atoms with Gasteiger partial charge in [0.25, 0.3) is 0 Å². The van der Waals surface area contributed by atoms with Crippen molar-refractivity contribution in [3.8, 4) is 0 Å². The second-order valence-electron chi connectivity index (χ2n) is 1.84.